The molecular formula is C32H27NO8. The Labute approximate surface area is 236 Å². The number of amides is 1. The monoisotopic (exact) mass is 553 g/mol. The number of hydrogen-bond acceptors (Lipinski definition) is 8. The summed E-state index contributed by atoms with van der Waals surface area (Å²) in [5, 5.41) is 11.5. The van der Waals surface area contributed by atoms with Crippen molar-refractivity contribution in [3.8, 4) is 23.0 Å². The van der Waals surface area contributed by atoms with E-state index in [2.05, 4.69) is 0 Å². The predicted molar refractivity (Wildman–Crippen MR) is 148 cm³/mol. The number of methoxy groups -OCH3 is 1. The minimum absolute atomic E-state index is 0.0226. The highest BCUT2D eigenvalue weighted by molar-refractivity contribution is 6.46. The molecule has 9 nitrogen and oxygen atoms in total. The minimum atomic E-state index is -0.926. The van der Waals surface area contributed by atoms with Crippen LogP contribution in [0.2, 0.25) is 0 Å². The van der Waals surface area contributed by atoms with E-state index in [1.807, 2.05) is 30.3 Å². The standard InChI is InChI=1S/C32H27NO8/c1-37-26-16-21(9-11-24(26)41-19-20-6-3-2-4-7-20)29-28(31(35)32(36)33(29)18-23-8-5-13-38-23)30(34)22-10-12-25-27(17-22)40-15-14-39-25/h2-13,16-17,29,34H,14-15,18-19H2,1H3. The molecule has 1 amide bonds. The number of aliphatic hydroxyl groups excluding tert-OH is 1. The van der Waals surface area contributed by atoms with Crippen LogP contribution in [0.5, 0.6) is 23.0 Å². The number of carbonyl (C=O) groups excluding carboxylic acids is 2. The molecular weight excluding hydrogens is 526 g/mol. The highest BCUT2D eigenvalue weighted by atomic mass is 16.6. The van der Waals surface area contributed by atoms with E-state index in [0.29, 0.717) is 59.7 Å². The number of rotatable bonds is 8. The summed E-state index contributed by atoms with van der Waals surface area (Å²) in [7, 11) is 1.52. The van der Waals surface area contributed by atoms with Gasteiger partial charge in [-0.05, 0) is 53.6 Å². The molecule has 3 heterocycles. The van der Waals surface area contributed by atoms with E-state index in [9.17, 15) is 14.7 Å². The smallest absolute Gasteiger partial charge is 0.296 e. The highest BCUT2D eigenvalue weighted by Gasteiger charge is 2.46. The SMILES string of the molecule is COc1cc(C2C(=C(O)c3ccc4c(c3)OCCO4)C(=O)C(=O)N2Cc2ccco2)ccc1OCc1ccccc1. The Kier molecular flexibility index (Phi) is 7.08. The topological polar surface area (TPSA) is 108 Å². The third-order valence-electron chi connectivity index (χ3n) is 7.00. The number of aliphatic hydroxyl groups is 1. The maximum Gasteiger partial charge on any atom is 0.296 e. The minimum Gasteiger partial charge on any atom is -0.507 e. The van der Waals surface area contributed by atoms with Gasteiger partial charge >= 0.3 is 0 Å². The quantitative estimate of drug-likeness (QED) is 0.179. The number of nitrogens with zero attached hydrogens (tertiary/aromatic N) is 1. The van der Waals surface area contributed by atoms with Crippen LogP contribution in [0.3, 0.4) is 0 Å². The molecule has 6 rings (SSSR count). The summed E-state index contributed by atoms with van der Waals surface area (Å²) in [6.07, 6.45) is 1.50. The van der Waals surface area contributed by atoms with Gasteiger partial charge in [0.05, 0.1) is 31.5 Å². The Morgan fingerprint density at radius 2 is 1.73 bits per heavy atom. The van der Waals surface area contributed by atoms with Crippen molar-refractivity contribution >= 4 is 17.4 Å². The lowest BCUT2D eigenvalue weighted by Gasteiger charge is -2.25. The Morgan fingerprint density at radius 3 is 2.49 bits per heavy atom. The van der Waals surface area contributed by atoms with Gasteiger partial charge in [0.1, 0.15) is 31.3 Å². The Hall–Kier alpha value is -5.18. The fourth-order valence-electron chi connectivity index (χ4n) is 5.02. The number of carbonyl (C=O) groups is 2. The van der Waals surface area contributed by atoms with Gasteiger partial charge in [-0.25, -0.2) is 0 Å². The van der Waals surface area contributed by atoms with Crippen molar-refractivity contribution in [2.45, 2.75) is 19.2 Å². The van der Waals surface area contributed by atoms with Gasteiger partial charge in [-0.15, -0.1) is 0 Å². The average Bonchev–Trinajstić information content (AvgIpc) is 3.62. The summed E-state index contributed by atoms with van der Waals surface area (Å²) >= 11 is 0. The van der Waals surface area contributed by atoms with Gasteiger partial charge in [-0.3, -0.25) is 9.59 Å². The maximum absolute atomic E-state index is 13.5. The van der Waals surface area contributed by atoms with Gasteiger partial charge in [-0.1, -0.05) is 36.4 Å². The van der Waals surface area contributed by atoms with Gasteiger partial charge in [-0.2, -0.15) is 0 Å². The summed E-state index contributed by atoms with van der Waals surface area (Å²) in [4.78, 5) is 28.2. The van der Waals surface area contributed by atoms with Crippen molar-refractivity contribution in [2.75, 3.05) is 20.3 Å². The molecule has 4 aromatic rings. The van der Waals surface area contributed by atoms with Crippen molar-refractivity contribution in [2.24, 2.45) is 0 Å². The molecule has 0 spiro atoms. The molecule has 1 saturated heterocycles. The van der Waals surface area contributed by atoms with Crippen molar-refractivity contribution in [3.63, 3.8) is 0 Å². The lowest BCUT2D eigenvalue weighted by molar-refractivity contribution is -0.140. The van der Waals surface area contributed by atoms with Crippen LogP contribution in [-0.2, 0) is 22.7 Å². The second kappa shape index (κ2) is 11.1. The van der Waals surface area contributed by atoms with Crippen molar-refractivity contribution < 1.29 is 38.1 Å². The zero-order chi connectivity index (χ0) is 28.3. The Bertz CT molecular complexity index is 1610. The summed E-state index contributed by atoms with van der Waals surface area (Å²) in [6, 6.07) is 22.3. The number of furan rings is 1. The largest absolute Gasteiger partial charge is 0.507 e. The summed E-state index contributed by atoms with van der Waals surface area (Å²) in [6.45, 7) is 1.14. The first-order chi connectivity index (χ1) is 20.0. The number of Topliss-reactive ketones (excluding diaryl/α,β-unsaturated/α-hetero) is 1. The van der Waals surface area contributed by atoms with E-state index in [-0.39, 0.29) is 17.9 Å². The number of ketones is 1. The molecule has 2 aliphatic heterocycles. The first-order valence-corrected chi connectivity index (χ1v) is 13.1. The predicted octanol–water partition coefficient (Wildman–Crippen LogP) is 5.26. The van der Waals surface area contributed by atoms with Crippen LogP contribution in [0, 0.1) is 0 Å². The van der Waals surface area contributed by atoms with Gasteiger partial charge in [0, 0.05) is 5.56 Å². The molecule has 41 heavy (non-hydrogen) atoms. The molecule has 0 saturated carbocycles. The highest BCUT2D eigenvalue weighted by Crippen LogP contribution is 2.43. The number of likely N-dealkylation sites (tertiary alicyclic amines) is 1. The molecule has 1 aromatic heterocycles. The van der Waals surface area contributed by atoms with E-state index >= 15 is 0 Å². The molecule has 1 N–H and O–H groups in total. The molecule has 208 valence electrons. The zero-order valence-corrected chi connectivity index (χ0v) is 22.2. The molecule has 1 unspecified atom stereocenters. The summed E-state index contributed by atoms with van der Waals surface area (Å²) < 4.78 is 28.4. The molecule has 1 atom stereocenters. The van der Waals surface area contributed by atoms with E-state index in [0.717, 1.165) is 5.56 Å². The van der Waals surface area contributed by atoms with Gasteiger partial charge < -0.3 is 33.4 Å². The molecule has 0 radical (unpaired) electrons. The van der Waals surface area contributed by atoms with Gasteiger partial charge in [0.2, 0.25) is 0 Å². The van der Waals surface area contributed by atoms with Crippen LogP contribution in [0.1, 0.15) is 28.5 Å². The van der Waals surface area contributed by atoms with E-state index in [1.165, 1.54) is 18.3 Å². The van der Waals surface area contributed by atoms with Crippen LogP contribution in [-0.4, -0.2) is 42.0 Å². The number of hydrogen-bond donors (Lipinski definition) is 1. The molecule has 0 aliphatic carbocycles. The Balaban J connectivity index is 1.41. The molecule has 3 aromatic carbocycles. The summed E-state index contributed by atoms with van der Waals surface area (Å²) in [5.41, 5.74) is 1.81. The van der Waals surface area contributed by atoms with E-state index < -0.39 is 17.7 Å². The molecule has 0 bridgehead atoms. The van der Waals surface area contributed by atoms with Crippen LogP contribution in [0.4, 0.5) is 0 Å². The molecule has 9 heteroatoms. The third-order valence-corrected chi connectivity index (χ3v) is 7.00. The van der Waals surface area contributed by atoms with Crippen LogP contribution in [0.15, 0.2) is 95.1 Å². The molecule has 1 fully saturated rings. The van der Waals surface area contributed by atoms with Crippen LogP contribution in [0.25, 0.3) is 5.76 Å². The lowest BCUT2D eigenvalue weighted by atomic mass is 9.94. The van der Waals surface area contributed by atoms with Crippen LogP contribution >= 0.6 is 0 Å². The van der Waals surface area contributed by atoms with Gasteiger partial charge in [0.15, 0.2) is 23.0 Å². The number of ether oxygens (including phenoxy) is 4. The molecule has 2 aliphatic rings. The van der Waals surface area contributed by atoms with Crippen molar-refractivity contribution in [1.29, 1.82) is 0 Å². The lowest BCUT2D eigenvalue weighted by Crippen LogP contribution is -2.29. The fraction of sp³-hybridized carbons (Fsp3) is 0.188. The zero-order valence-electron chi connectivity index (χ0n) is 22.2. The fourth-order valence-corrected chi connectivity index (χ4v) is 5.02. The van der Waals surface area contributed by atoms with Crippen molar-refractivity contribution in [3.05, 3.63) is 113 Å². The number of fused-ring (bicyclic) bond motifs is 1. The summed E-state index contributed by atoms with van der Waals surface area (Å²) in [5.74, 6) is 0.505. The third kappa shape index (κ3) is 5.09. The second-order valence-electron chi connectivity index (χ2n) is 9.55. The normalized spacial score (nSPS) is 17.5. The van der Waals surface area contributed by atoms with E-state index in [1.54, 1.807) is 48.5 Å². The first-order valence-electron chi connectivity index (χ1n) is 13.1. The van der Waals surface area contributed by atoms with Crippen LogP contribution < -0.4 is 18.9 Å². The van der Waals surface area contributed by atoms with Gasteiger partial charge in [0.25, 0.3) is 11.7 Å². The van der Waals surface area contributed by atoms with E-state index in [4.69, 9.17) is 23.4 Å². The number of benzene rings is 3. The Morgan fingerprint density at radius 1 is 0.927 bits per heavy atom. The average molecular weight is 554 g/mol. The maximum atomic E-state index is 13.5. The van der Waals surface area contributed by atoms with Crippen molar-refractivity contribution in [1.82, 2.24) is 4.90 Å². The second-order valence-corrected chi connectivity index (χ2v) is 9.55. The first kappa shape index (κ1) is 26.1.